The first-order valence-electron chi connectivity index (χ1n) is 12.3. The molecule has 3 aromatic heterocycles. The van der Waals surface area contributed by atoms with Crippen molar-refractivity contribution in [3.05, 3.63) is 49.8 Å². The van der Waals surface area contributed by atoms with Crippen LogP contribution in [0.15, 0.2) is 33.0 Å². The van der Waals surface area contributed by atoms with Crippen LogP contribution < -0.4 is 22.5 Å². The summed E-state index contributed by atoms with van der Waals surface area (Å²) in [4.78, 5) is 76.1. The molecule has 3 aromatic rings. The number of nitrogen functional groups attached to an aromatic ring is 1. The number of nitrogens with zero attached hydrogens (tertiary/aromatic N) is 4. The Morgan fingerprint density at radius 3 is 2.27 bits per heavy atom. The van der Waals surface area contributed by atoms with Crippen LogP contribution in [-0.4, -0.2) is 109 Å². The number of ether oxygens (including phenoxy) is 2. The maximum absolute atomic E-state index is 12.9. The van der Waals surface area contributed by atoms with Gasteiger partial charge in [-0.3, -0.25) is 42.3 Å². The number of phosphoric ester groups is 2. The molecule has 0 spiro atoms. The molecule has 2 aliphatic rings. The molecule has 0 aromatic carbocycles. The lowest BCUT2D eigenvalue weighted by Crippen LogP contribution is -2.38. The summed E-state index contributed by atoms with van der Waals surface area (Å²) in [5, 5.41) is 31.7. The van der Waals surface area contributed by atoms with Crippen molar-refractivity contribution in [3.63, 3.8) is 0 Å². The molecule has 0 radical (unpaired) electrons. The van der Waals surface area contributed by atoms with E-state index in [0.717, 1.165) is 27.7 Å². The first-order valence-corrected chi connectivity index (χ1v) is 15.3. The lowest BCUT2D eigenvalue weighted by Gasteiger charge is -2.24. The fourth-order valence-electron chi connectivity index (χ4n) is 4.59. The van der Waals surface area contributed by atoms with Crippen LogP contribution in [-0.2, 0) is 32.2 Å². The van der Waals surface area contributed by atoms with Crippen LogP contribution in [0.4, 0.5) is 5.95 Å². The first kappa shape index (κ1) is 32.2. The third-order valence-corrected chi connectivity index (χ3v) is 8.03. The highest BCUT2D eigenvalue weighted by atomic mass is 31.2. The standard InChI is InChI=1S/C19H25N7O16P2/c20-18-23-14-9(15(31)24-18)21-5-26(14)17-12(30)13(7(41-17)4-38-43(33,34)35)42-44(36,37)39-3-6-10(28)11(29)16(40-6)25-2-1-8(27)22-19(25)32/h1-2,5-7,10-13,16-17,28-30H,3-4H2,(H,36,37)(H,22,27,32)(H2,33,34,35)(H3,20,23,24,31)/t6-,7+,10-,11-,12+,13+,16-,17-/m1/s1. The Morgan fingerprint density at radius 1 is 0.932 bits per heavy atom. The molecule has 10 N–H and O–H groups in total. The van der Waals surface area contributed by atoms with E-state index in [4.69, 9.17) is 34.0 Å². The van der Waals surface area contributed by atoms with Crippen molar-refractivity contribution < 1.29 is 62.2 Å². The van der Waals surface area contributed by atoms with Gasteiger partial charge in [-0.15, -0.1) is 0 Å². The number of anilines is 1. The third kappa shape index (κ3) is 6.60. The van der Waals surface area contributed by atoms with Gasteiger partial charge in [0.15, 0.2) is 23.6 Å². The Balaban J connectivity index is 1.33. The lowest BCUT2D eigenvalue weighted by atomic mass is 10.1. The second kappa shape index (κ2) is 12.0. The summed E-state index contributed by atoms with van der Waals surface area (Å²) in [6.45, 7) is -1.90. The van der Waals surface area contributed by atoms with Crippen LogP contribution in [0.5, 0.6) is 0 Å². The van der Waals surface area contributed by atoms with Crippen molar-refractivity contribution in [2.24, 2.45) is 0 Å². The Morgan fingerprint density at radius 2 is 1.59 bits per heavy atom. The zero-order valence-corrected chi connectivity index (χ0v) is 23.6. The topological polar surface area (TPSA) is 346 Å². The zero-order chi connectivity index (χ0) is 32.1. The van der Waals surface area contributed by atoms with E-state index in [1.807, 2.05) is 4.98 Å². The van der Waals surface area contributed by atoms with Gasteiger partial charge in [0.25, 0.3) is 11.1 Å². The minimum atomic E-state index is -5.25. The summed E-state index contributed by atoms with van der Waals surface area (Å²) in [6, 6.07) is 0.952. The number of aliphatic hydroxyl groups excluding tert-OH is 3. The number of phosphoric acid groups is 2. The molecule has 2 aliphatic heterocycles. The van der Waals surface area contributed by atoms with E-state index in [-0.39, 0.29) is 17.1 Å². The Labute approximate surface area is 242 Å². The number of aromatic amines is 2. The number of rotatable bonds is 10. The van der Waals surface area contributed by atoms with Crippen molar-refractivity contribution in [2.45, 2.75) is 49.1 Å². The predicted octanol–water partition coefficient (Wildman–Crippen LogP) is -4.26. The van der Waals surface area contributed by atoms with Gasteiger partial charge in [-0.25, -0.2) is 18.9 Å². The van der Waals surface area contributed by atoms with Crippen LogP contribution in [0.3, 0.4) is 0 Å². The van der Waals surface area contributed by atoms with Gasteiger partial charge in [-0.1, -0.05) is 0 Å². The number of aliphatic hydroxyl groups is 3. The summed E-state index contributed by atoms with van der Waals surface area (Å²) in [5.41, 5.74) is 2.71. The second-order valence-corrected chi connectivity index (χ2v) is 12.2. The van der Waals surface area contributed by atoms with Gasteiger partial charge in [0, 0.05) is 12.3 Å². The highest BCUT2D eigenvalue weighted by Gasteiger charge is 2.51. The molecule has 1 unspecified atom stereocenters. The van der Waals surface area contributed by atoms with E-state index in [1.54, 1.807) is 0 Å². The Bertz CT molecular complexity index is 1800. The number of aromatic nitrogens is 6. The lowest BCUT2D eigenvalue weighted by molar-refractivity contribution is -0.0607. The molecule has 0 bridgehead atoms. The molecular weight excluding hydrogens is 644 g/mol. The summed E-state index contributed by atoms with van der Waals surface area (Å²) in [6.07, 6.45) is -11.5. The smallest absolute Gasteiger partial charge is 0.387 e. The third-order valence-electron chi connectivity index (χ3n) is 6.56. The van der Waals surface area contributed by atoms with Crippen LogP contribution in [0, 0.1) is 0 Å². The first-order chi connectivity index (χ1) is 20.5. The van der Waals surface area contributed by atoms with Crippen molar-refractivity contribution in [1.82, 2.24) is 29.1 Å². The molecule has 0 saturated carbocycles. The average molecular weight is 669 g/mol. The number of H-pyrrole nitrogens is 2. The number of hydrogen-bond acceptors (Lipinski definition) is 16. The summed E-state index contributed by atoms with van der Waals surface area (Å²) < 4.78 is 51.4. The highest BCUT2D eigenvalue weighted by Crippen LogP contribution is 2.50. The normalized spacial score (nSPS) is 30.6. The molecule has 2 fully saturated rings. The highest BCUT2D eigenvalue weighted by molar-refractivity contribution is 7.47. The number of nitrogens with two attached hydrogens (primary N) is 1. The molecule has 0 aliphatic carbocycles. The van der Waals surface area contributed by atoms with Gasteiger partial charge in [0.2, 0.25) is 5.95 Å². The second-order valence-electron chi connectivity index (χ2n) is 9.52. The average Bonchev–Trinajstić information content (AvgIpc) is 3.56. The van der Waals surface area contributed by atoms with Gasteiger partial charge in [0.05, 0.1) is 19.5 Å². The van der Waals surface area contributed by atoms with Crippen LogP contribution in [0.2, 0.25) is 0 Å². The Kier molecular flexibility index (Phi) is 8.78. The SMILES string of the molecule is Nc1nc2c(ncn2[C@@H]2O[C@@H](COP(=O)(O)O)[C@H](OP(=O)(O)OC[C@H]3O[C@@H](n4ccc(=O)[nH]c4=O)[C@H](O)[C@@H]3O)[C@@H]2O)c(=O)[nH]1. The summed E-state index contributed by atoms with van der Waals surface area (Å²) >= 11 is 0. The van der Waals surface area contributed by atoms with E-state index in [2.05, 4.69) is 19.5 Å². The van der Waals surface area contributed by atoms with Crippen molar-refractivity contribution in [3.8, 4) is 0 Å². The largest absolute Gasteiger partial charge is 0.472 e. The molecule has 5 rings (SSSR count). The maximum atomic E-state index is 12.9. The van der Waals surface area contributed by atoms with Gasteiger partial charge in [-0.05, 0) is 0 Å². The molecule has 2 saturated heterocycles. The molecule has 25 heteroatoms. The molecule has 5 heterocycles. The van der Waals surface area contributed by atoms with E-state index >= 15 is 0 Å². The summed E-state index contributed by atoms with van der Waals surface area (Å²) in [5.74, 6) is -0.326. The quantitative estimate of drug-likeness (QED) is 0.0922. The molecule has 44 heavy (non-hydrogen) atoms. The molecule has 242 valence electrons. The van der Waals surface area contributed by atoms with E-state index < -0.39 is 94.7 Å². The number of imidazole rings is 1. The minimum absolute atomic E-state index is 0.184. The van der Waals surface area contributed by atoms with Crippen molar-refractivity contribution in [1.29, 1.82) is 0 Å². The zero-order valence-electron chi connectivity index (χ0n) is 21.8. The van der Waals surface area contributed by atoms with E-state index in [9.17, 15) is 43.7 Å². The molecule has 9 atom stereocenters. The van der Waals surface area contributed by atoms with Gasteiger partial charge < -0.3 is 45.2 Å². The fraction of sp³-hybridized carbons (Fsp3) is 0.526. The fourth-order valence-corrected chi connectivity index (χ4v) is 5.90. The van der Waals surface area contributed by atoms with Crippen LogP contribution in [0.25, 0.3) is 11.2 Å². The van der Waals surface area contributed by atoms with E-state index in [1.165, 1.54) is 0 Å². The minimum Gasteiger partial charge on any atom is -0.387 e. The Hall–Kier alpha value is -3.15. The molecular formula is C19H25N7O16P2. The summed E-state index contributed by atoms with van der Waals surface area (Å²) in [7, 11) is -10.4. The van der Waals surface area contributed by atoms with Gasteiger partial charge in [-0.2, -0.15) is 4.98 Å². The van der Waals surface area contributed by atoms with Crippen LogP contribution >= 0.6 is 15.6 Å². The van der Waals surface area contributed by atoms with E-state index in [0.29, 0.717) is 0 Å². The predicted molar refractivity (Wildman–Crippen MR) is 138 cm³/mol. The maximum Gasteiger partial charge on any atom is 0.472 e. The van der Waals surface area contributed by atoms with Gasteiger partial charge in [0.1, 0.15) is 36.6 Å². The monoisotopic (exact) mass is 669 g/mol. The number of fused-ring (bicyclic) bond motifs is 1. The van der Waals surface area contributed by atoms with Crippen molar-refractivity contribution in [2.75, 3.05) is 18.9 Å². The molecule has 0 amide bonds. The number of nitrogens with one attached hydrogen (secondary N) is 2. The number of hydrogen-bond donors (Lipinski definition) is 9. The van der Waals surface area contributed by atoms with Gasteiger partial charge >= 0.3 is 21.3 Å². The van der Waals surface area contributed by atoms with Crippen molar-refractivity contribution >= 4 is 32.8 Å². The molecule has 23 nitrogen and oxygen atoms in total. The van der Waals surface area contributed by atoms with Crippen LogP contribution in [0.1, 0.15) is 12.5 Å².